The molecule has 0 aromatic carbocycles. The summed E-state index contributed by atoms with van der Waals surface area (Å²) in [4.78, 5) is 37.9. The van der Waals surface area contributed by atoms with Crippen molar-refractivity contribution in [3.05, 3.63) is 0 Å². The lowest BCUT2D eigenvalue weighted by atomic mass is 9.77. The van der Waals surface area contributed by atoms with Crippen LogP contribution in [0.15, 0.2) is 0 Å². The minimum Gasteiger partial charge on any atom is -0.448 e. The highest BCUT2D eigenvalue weighted by atomic mass is 16.6. The van der Waals surface area contributed by atoms with E-state index in [0.717, 1.165) is 25.7 Å². The predicted octanol–water partition coefficient (Wildman–Crippen LogP) is 1.28. The lowest BCUT2D eigenvalue weighted by Gasteiger charge is -2.32. The molecule has 24 heavy (non-hydrogen) atoms. The molecule has 2 aliphatic rings. The third-order valence-corrected chi connectivity index (χ3v) is 4.46. The van der Waals surface area contributed by atoms with Gasteiger partial charge in [0.1, 0.15) is 6.61 Å². The van der Waals surface area contributed by atoms with E-state index in [1.54, 1.807) is 4.90 Å². The van der Waals surface area contributed by atoms with Crippen molar-refractivity contribution >= 4 is 17.9 Å². The van der Waals surface area contributed by atoms with Crippen molar-refractivity contribution in [3.8, 4) is 0 Å². The Morgan fingerprint density at radius 1 is 1.17 bits per heavy atom. The van der Waals surface area contributed by atoms with E-state index in [0.29, 0.717) is 26.2 Å². The molecule has 0 radical (unpaired) electrons. The molecule has 0 spiro atoms. The fraction of sp³-hybridized carbons (Fsp3) is 0.824. The van der Waals surface area contributed by atoms with Crippen molar-refractivity contribution in [2.24, 2.45) is 11.8 Å². The molecule has 3 amide bonds. The molecule has 7 nitrogen and oxygen atoms in total. The molecule has 1 saturated heterocycles. The van der Waals surface area contributed by atoms with E-state index >= 15 is 0 Å². The topological polar surface area (TPSA) is 87.7 Å². The van der Waals surface area contributed by atoms with Crippen LogP contribution in [-0.2, 0) is 14.3 Å². The van der Waals surface area contributed by atoms with Gasteiger partial charge in [-0.15, -0.1) is 0 Å². The standard InChI is InChI=1S/C17H29N3O4/c1-17(2,3)19-15(22)13-7-5-4-6-12(13)14(21)18-8-9-20-10-11-24-16(20)23/h12-13H,4-11H2,1-3H3,(H,18,21)(H,19,22)/t12-,13+/m0/s1. The summed E-state index contributed by atoms with van der Waals surface area (Å²) in [7, 11) is 0. The highest BCUT2D eigenvalue weighted by Gasteiger charge is 2.36. The molecule has 1 heterocycles. The van der Waals surface area contributed by atoms with Gasteiger partial charge in [-0.25, -0.2) is 4.79 Å². The van der Waals surface area contributed by atoms with Gasteiger partial charge in [-0.2, -0.15) is 0 Å². The van der Waals surface area contributed by atoms with Gasteiger partial charge in [0.25, 0.3) is 0 Å². The van der Waals surface area contributed by atoms with Crippen molar-refractivity contribution in [2.75, 3.05) is 26.2 Å². The van der Waals surface area contributed by atoms with Crippen molar-refractivity contribution in [3.63, 3.8) is 0 Å². The van der Waals surface area contributed by atoms with Gasteiger partial charge >= 0.3 is 6.09 Å². The second kappa shape index (κ2) is 7.85. The van der Waals surface area contributed by atoms with Crippen LogP contribution >= 0.6 is 0 Å². The Balaban J connectivity index is 1.85. The van der Waals surface area contributed by atoms with Gasteiger partial charge in [0, 0.05) is 30.5 Å². The molecule has 1 aliphatic heterocycles. The molecule has 0 aromatic rings. The monoisotopic (exact) mass is 339 g/mol. The molecule has 0 unspecified atom stereocenters. The average molecular weight is 339 g/mol. The van der Waals surface area contributed by atoms with Crippen LogP contribution in [0.5, 0.6) is 0 Å². The second-order valence-electron chi connectivity index (χ2n) is 7.63. The molecule has 0 bridgehead atoms. The molecule has 7 heteroatoms. The first-order valence-corrected chi connectivity index (χ1v) is 8.79. The highest BCUT2D eigenvalue weighted by Crippen LogP contribution is 2.30. The first-order chi connectivity index (χ1) is 11.3. The normalized spacial score (nSPS) is 24.5. The van der Waals surface area contributed by atoms with E-state index in [2.05, 4.69) is 10.6 Å². The molecule has 0 aromatic heterocycles. The molecular weight excluding hydrogens is 310 g/mol. The smallest absolute Gasteiger partial charge is 0.409 e. The first kappa shape index (κ1) is 18.5. The van der Waals surface area contributed by atoms with E-state index in [4.69, 9.17) is 4.74 Å². The van der Waals surface area contributed by atoms with Gasteiger partial charge in [-0.05, 0) is 33.6 Å². The van der Waals surface area contributed by atoms with Crippen LogP contribution < -0.4 is 10.6 Å². The fourth-order valence-corrected chi connectivity index (χ4v) is 3.29. The summed E-state index contributed by atoms with van der Waals surface area (Å²) < 4.78 is 4.86. The third kappa shape index (κ3) is 5.11. The van der Waals surface area contributed by atoms with Gasteiger partial charge in [-0.3, -0.25) is 9.59 Å². The van der Waals surface area contributed by atoms with Crippen LogP contribution in [0, 0.1) is 11.8 Å². The largest absolute Gasteiger partial charge is 0.448 e. The van der Waals surface area contributed by atoms with Crippen LogP contribution in [-0.4, -0.2) is 54.6 Å². The third-order valence-electron chi connectivity index (χ3n) is 4.46. The molecule has 1 aliphatic carbocycles. The lowest BCUT2D eigenvalue weighted by Crippen LogP contribution is -2.49. The van der Waals surface area contributed by atoms with Gasteiger partial charge in [-0.1, -0.05) is 12.8 Å². The Kier molecular flexibility index (Phi) is 6.07. The maximum atomic E-state index is 12.5. The van der Waals surface area contributed by atoms with E-state index in [1.807, 2.05) is 20.8 Å². The van der Waals surface area contributed by atoms with Crippen molar-refractivity contribution in [1.29, 1.82) is 0 Å². The summed E-state index contributed by atoms with van der Waals surface area (Å²) in [6.07, 6.45) is 3.10. The molecule has 2 fully saturated rings. The zero-order valence-electron chi connectivity index (χ0n) is 14.9. The van der Waals surface area contributed by atoms with Crippen molar-refractivity contribution < 1.29 is 19.1 Å². The molecule has 1 saturated carbocycles. The van der Waals surface area contributed by atoms with E-state index in [1.165, 1.54) is 0 Å². The summed E-state index contributed by atoms with van der Waals surface area (Å²) in [6.45, 7) is 7.63. The summed E-state index contributed by atoms with van der Waals surface area (Å²) in [5.41, 5.74) is -0.300. The van der Waals surface area contributed by atoms with Gasteiger partial charge in [0.2, 0.25) is 11.8 Å². The number of hydrogen-bond donors (Lipinski definition) is 2. The van der Waals surface area contributed by atoms with E-state index < -0.39 is 0 Å². The van der Waals surface area contributed by atoms with E-state index in [-0.39, 0.29) is 35.3 Å². The number of carbonyl (C=O) groups excluding carboxylic acids is 3. The van der Waals surface area contributed by atoms with Crippen LogP contribution in [0.3, 0.4) is 0 Å². The zero-order valence-corrected chi connectivity index (χ0v) is 14.9. The molecule has 2 rings (SSSR count). The number of ether oxygens (including phenoxy) is 1. The summed E-state index contributed by atoms with van der Waals surface area (Å²) in [6, 6.07) is 0. The SMILES string of the molecule is CC(C)(C)NC(=O)[C@@H]1CCCC[C@@H]1C(=O)NCCN1CCOC1=O. The number of nitrogens with zero attached hydrogens (tertiary/aromatic N) is 1. The molecule has 2 N–H and O–H groups in total. The van der Waals surface area contributed by atoms with Gasteiger partial charge in [0.05, 0.1) is 6.54 Å². The number of hydrogen-bond acceptors (Lipinski definition) is 4. The van der Waals surface area contributed by atoms with Crippen LogP contribution in [0.25, 0.3) is 0 Å². The zero-order chi connectivity index (χ0) is 17.7. The minimum atomic E-state index is -0.329. The van der Waals surface area contributed by atoms with E-state index in [9.17, 15) is 14.4 Å². The van der Waals surface area contributed by atoms with Gasteiger partial charge in [0.15, 0.2) is 0 Å². The first-order valence-electron chi connectivity index (χ1n) is 8.79. The Hall–Kier alpha value is -1.79. The second-order valence-corrected chi connectivity index (χ2v) is 7.63. The van der Waals surface area contributed by atoms with Crippen molar-refractivity contribution in [1.82, 2.24) is 15.5 Å². The maximum absolute atomic E-state index is 12.5. The van der Waals surface area contributed by atoms with Gasteiger partial charge < -0.3 is 20.3 Å². The van der Waals surface area contributed by atoms with Crippen LogP contribution in [0.4, 0.5) is 4.79 Å². The minimum absolute atomic E-state index is 0.0366. The Morgan fingerprint density at radius 2 is 1.79 bits per heavy atom. The highest BCUT2D eigenvalue weighted by molar-refractivity contribution is 5.88. The Morgan fingerprint density at radius 3 is 2.33 bits per heavy atom. The average Bonchev–Trinajstić information content (AvgIpc) is 2.91. The maximum Gasteiger partial charge on any atom is 0.409 e. The molecular formula is C17H29N3O4. The predicted molar refractivity (Wildman–Crippen MR) is 89.3 cm³/mol. The lowest BCUT2D eigenvalue weighted by molar-refractivity contribution is -0.137. The number of nitrogens with one attached hydrogen (secondary N) is 2. The summed E-state index contributed by atoms with van der Waals surface area (Å²) in [5, 5.41) is 5.87. The van der Waals surface area contributed by atoms with Crippen molar-refractivity contribution in [2.45, 2.75) is 52.0 Å². The number of amides is 3. The quantitative estimate of drug-likeness (QED) is 0.790. The number of carbonyl (C=O) groups is 3. The number of cyclic esters (lactones) is 1. The van der Waals surface area contributed by atoms with Crippen LogP contribution in [0.1, 0.15) is 46.5 Å². The molecule has 136 valence electrons. The number of rotatable bonds is 5. The Bertz CT molecular complexity index is 487. The van der Waals surface area contributed by atoms with Crippen LogP contribution in [0.2, 0.25) is 0 Å². The summed E-state index contributed by atoms with van der Waals surface area (Å²) >= 11 is 0. The summed E-state index contributed by atoms with van der Waals surface area (Å²) in [5.74, 6) is -0.678. The Labute approximate surface area is 143 Å². The molecule has 2 atom stereocenters. The fourth-order valence-electron chi connectivity index (χ4n) is 3.29.